The molecular weight excluding hydrogens is 208 g/mol. The molecule has 2 aromatic rings. The summed E-state index contributed by atoms with van der Waals surface area (Å²) in [5, 5.41) is 7.86. The number of aryl methyl sites for hydroxylation is 2. The maximum absolute atomic E-state index is 5.99. The van der Waals surface area contributed by atoms with Crippen molar-refractivity contribution in [3.63, 3.8) is 0 Å². The van der Waals surface area contributed by atoms with E-state index in [-0.39, 0.29) is 0 Å². The van der Waals surface area contributed by atoms with Gasteiger partial charge >= 0.3 is 0 Å². The molecule has 15 heavy (non-hydrogen) atoms. The Labute approximate surface area is 94.3 Å². The average Bonchev–Trinajstić information content (AvgIpc) is 2.69. The van der Waals surface area contributed by atoms with E-state index in [0.29, 0.717) is 0 Å². The van der Waals surface area contributed by atoms with E-state index in [2.05, 4.69) is 24.0 Å². The highest BCUT2D eigenvalue weighted by atomic mass is 35.5. The van der Waals surface area contributed by atoms with Crippen LogP contribution in [0.3, 0.4) is 0 Å². The number of aromatic nitrogens is 2. The summed E-state index contributed by atoms with van der Waals surface area (Å²) in [5.74, 6) is 0. The van der Waals surface area contributed by atoms with Crippen LogP contribution in [0.1, 0.15) is 18.1 Å². The highest BCUT2D eigenvalue weighted by Gasteiger charge is 2.08. The van der Waals surface area contributed by atoms with Gasteiger partial charge in [0.2, 0.25) is 0 Å². The number of nitrogens with one attached hydrogen (secondary N) is 1. The maximum Gasteiger partial charge on any atom is 0.0685 e. The minimum Gasteiger partial charge on any atom is -0.278 e. The standard InChI is InChI=1S/C12H13ClN2/c1-3-9-7-14-15-12(9)11-6-10(13)5-4-8(11)2/h4-7H,3H2,1-2H3,(H,14,15). The third-order valence-electron chi connectivity index (χ3n) is 2.57. The molecule has 0 fully saturated rings. The van der Waals surface area contributed by atoms with Crippen molar-refractivity contribution in [3.05, 3.63) is 40.5 Å². The third kappa shape index (κ3) is 1.90. The summed E-state index contributed by atoms with van der Waals surface area (Å²) in [6.45, 7) is 4.19. The highest BCUT2D eigenvalue weighted by molar-refractivity contribution is 6.30. The highest BCUT2D eigenvalue weighted by Crippen LogP contribution is 2.27. The number of aromatic amines is 1. The fraction of sp³-hybridized carbons (Fsp3) is 0.250. The summed E-state index contributed by atoms with van der Waals surface area (Å²) >= 11 is 5.99. The Kier molecular flexibility index (Phi) is 2.78. The van der Waals surface area contributed by atoms with Crippen LogP contribution in [0.4, 0.5) is 0 Å². The van der Waals surface area contributed by atoms with Crippen molar-refractivity contribution in [1.82, 2.24) is 10.2 Å². The zero-order chi connectivity index (χ0) is 10.8. The first-order chi connectivity index (χ1) is 7.22. The quantitative estimate of drug-likeness (QED) is 0.823. The molecule has 1 heterocycles. The van der Waals surface area contributed by atoms with Crippen LogP contribution in [0.2, 0.25) is 5.02 Å². The summed E-state index contributed by atoms with van der Waals surface area (Å²) in [6.07, 6.45) is 2.84. The molecule has 0 saturated heterocycles. The summed E-state index contributed by atoms with van der Waals surface area (Å²) < 4.78 is 0. The predicted molar refractivity (Wildman–Crippen MR) is 63.1 cm³/mol. The van der Waals surface area contributed by atoms with E-state index in [9.17, 15) is 0 Å². The van der Waals surface area contributed by atoms with Crippen molar-refractivity contribution in [2.45, 2.75) is 20.3 Å². The van der Waals surface area contributed by atoms with Gasteiger partial charge in [0.05, 0.1) is 11.9 Å². The van der Waals surface area contributed by atoms with E-state index in [1.54, 1.807) is 0 Å². The van der Waals surface area contributed by atoms with Crippen molar-refractivity contribution in [3.8, 4) is 11.3 Å². The van der Waals surface area contributed by atoms with Gasteiger partial charge in [-0.05, 0) is 36.6 Å². The molecule has 0 saturated carbocycles. The van der Waals surface area contributed by atoms with Crippen LogP contribution in [0.15, 0.2) is 24.4 Å². The van der Waals surface area contributed by atoms with Gasteiger partial charge in [-0.15, -0.1) is 0 Å². The van der Waals surface area contributed by atoms with Crippen LogP contribution in [0.25, 0.3) is 11.3 Å². The van der Waals surface area contributed by atoms with Gasteiger partial charge in [-0.3, -0.25) is 5.10 Å². The van der Waals surface area contributed by atoms with Gasteiger partial charge in [0.1, 0.15) is 0 Å². The topological polar surface area (TPSA) is 28.7 Å². The molecule has 0 amide bonds. The molecule has 3 heteroatoms. The number of benzene rings is 1. The Morgan fingerprint density at radius 1 is 1.40 bits per heavy atom. The van der Waals surface area contributed by atoms with E-state index in [1.165, 1.54) is 11.1 Å². The lowest BCUT2D eigenvalue weighted by Gasteiger charge is -2.05. The monoisotopic (exact) mass is 220 g/mol. The lowest BCUT2D eigenvalue weighted by molar-refractivity contribution is 1.09. The van der Waals surface area contributed by atoms with Gasteiger partial charge in [0, 0.05) is 10.6 Å². The molecule has 2 nitrogen and oxygen atoms in total. The van der Waals surface area contributed by atoms with E-state index < -0.39 is 0 Å². The molecule has 0 spiro atoms. The number of H-pyrrole nitrogens is 1. The zero-order valence-electron chi connectivity index (χ0n) is 8.84. The maximum atomic E-state index is 5.99. The molecule has 0 unspecified atom stereocenters. The van der Waals surface area contributed by atoms with Crippen molar-refractivity contribution >= 4 is 11.6 Å². The fourth-order valence-corrected chi connectivity index (χ4v) is 1.85. The van der Waals surface area contributed by atoms with Crippen molar-refractivity contribution in [1.29, 1.82) is 0 Å². The smallest absolute Gasteiger partial charge is 0.0685 e. The number of hydrogen-bond acceptors (Lipinski definition) is 1. The number of nitrogens with zero attached hydrogens (tertiary/aromatic N) is 1. The van der Waals surface area contributed by atoms with Gasteiger partial charge in [-0.25, -0.2) is 0 Å². The van der Waals surface area contributed by atoms with Crippen LogP contribution in [0.5, 0.6) is 0 Å². The number of rotatable bonds is 2. The Morgan fingerprint density at radius 3 is 2.93 bits per heavy atom. The molecule has 0 radical (unpaired) electrons. The van der Waals surface area contributed by atoms with Crippen LogP contribution < -0.4 is 0 Å². The van der Waals surface area contributed by atoms with Crippen LogP contribution in [0, 0.1) is 6.92 Å². The first-order valence-electron chi connectivity index (χ1n) is 5.01. The van der Waals surface area contributed by atoms with Crippen LogP contribution in [-0.4, -0.2) is 10.2 Å². The number of halogens is 1. The van der Waals surface area contributed by atoms with Gasteiger partial charge in [0.25, 0.3) is 0 Å². The van der Waals surface area contributed by atoms with E-state index in [0.717, 1.165) is 22.7 Å². The summed E-state index contributed by atoms with van der Waals surface area (Å²) in [6, 6.07) is 5.91. The second-order valence-corrected chi connectivity index (χ2v) is 4.02. The van der Waals surface area contributed by atoms with Gasteiger partial charge in [-0.1, -0.05) is 24.6 Å². The van der Waals surface area contributed by atoms with Gasteiger partial charge < -0.3 is 0 Å². The molecule has 78 valence electrons. The lowest BCUT2D eigenvalue weighted by Crippen LogP contribution is -1.88. The Morgan fingerprint density at radius 2 is 2.20 bits per heavy atom. The predicted octanol–water partition coefficient (Wildman–Crippen LogP) is 3.60. The molecule has 0 bridgehead atoms. The van der Waals surface area contributed by atoms with Crippen molar-refractivity contribution in [2.24, 2.45) is 0 Å². The largest absolute Gasteiger partial charge is 0.278 e. The lowest BCUT2D eigenvalue weighted by atomic mass is 10.0. The Balaban J connectivity index is 2.58. The minimum absolute atomic E-state index is 0.757. The van der Waals surface area contributed by atoms with E-state index in [4.69, 9.17) is 11.6 Å². The van der Waals surface area contributed by atoms with Crippen molar-refractivity contribution < 1.29 is 0 Å². The Hall–Kier alpha value is -1.28. The summed E-state index contributed by atoms with van der Waals surface area (Å²) in [4.78, 5) is 0. The SMILES string of the molecule is CCc1cn[nH]c1-c1cc(Cl)ccc1C. The molecule has 1 N–H and O–H groups in total. The molecule has 0 aliphatic heterocycles. The summed E-state index contributed by atoms with van der Waals surface area (Å²) in [7, 11) is 0. The molecular formula is C12H13ClN2. The van der Waals surface area contributed by atoms with Gasteiger partial charge in [-0.2, -0.15) is 5.10 Å². The first-order valence-corrected chi connectivity index (χ1v) is 5.39. The van der Waals surface area contributed by atoms with Crippen LogP contribution >= 0.6 is 11.6 Å². The molecule has 0 atom stereocenters. The molecule has 0 aliphatic rings. The van der Waals surface area contributed by atoms with Gasteiger partial charge in [0.15, 0.2) is 0 Å². The zero-order valence-corrected chi connectivity index (χ0v) is 9.60. The van der Waals surface area contributed by atoms with Crippen LogP contribution in [-0.2, 0) is 6.42 Å². The molecule has 0 aliphatic carbocycles. The molecule has 1 aromatic heterocycles. The fourth-order valence-electron chi connectivity index (χ4n) is 1.68. The van der Waals surface area contributed by atoms with E-state index in [1.807, 2.05) is 24.4 Å². The first kappa shape index (κ1) is 10.2. The Bertz CT molecular complexity index is 474. The number of hydrogen-bond donors (Lipinski definition) is 1. The molecule has 2 rings (SSSR count). The average molecular weight is 221 g/mol. The van der Waals surface area contributed by atoms with Crippen molar-refractivity contribution in [2.75, 3.05) is 0 Å². The van der Waals surface area contributed by atoms with E-state index >= 15 is 0 Å². The minimum atomic E-state index is 0.757. The summed E-state index contributed by atoms with van der Waals surface area (Å²) in [5.41, 5.74) is 4.65. The second-order valence-electron chi connectivity index (χ2n) is 3.58. The third-order valence-corrected chi connectivity index (χ3v) is 2.80. The second kappa shape index (κ2) is 4.07. The normalized spacial score (nSPS) is 10.6. The molecule has 1 aromatic carbocycles.